The van der Waals surface area contributed by atoms with Crippen LogP contribution in [0.5, 0.6) is 5.75 Å². The third-order valence-corrected chi connectivity index (χ3v) is 4.51. The first-order valence-corrected chi connectivity index (χ1v) is 8.58. The molecule has 3 heterocycles. The largest absolute Gasteiger partial charge is 0.483 e. The van der Waals surface area contributed by atoms with E-state index in [-0.39, 0.29) is 17.9 Å². The fourth-order valence-corrected chi connectivity index (χ4v) is 2.99. The SMILES string of the molecule is Cn1ccnc1COc1ccc(F)c(C(=O)c2c[nH]c3ncc(Cl)cc23)c1F. The van der Waals surface area contributed by atoms with E-state index in [0.717, 1.165) is 12.1 Å². The lowest BCUT2D eigenvalue weighted by atomic mass is 10.0. The number of ketones is 1. The Morgan fingerprint density at radius 1 is 1.32 bits per heavy atom. The maximum atomic E-state index is 14.9. The molecule has 0 amide bonds. The van der Waals surface area contributed by atoms with Gasteiger partial charge in [0.1, 0.15) is 23.9 Å². The zero-order valence-corrected chi connectivity index (χ0v) is 15.3. The first-order valence-electron chi connectivity index (χ1n) is 8.20. The van der Waals surface area contributed by atoms with Crippen LogP contribution in [0.3, 0.4) is 0 Å². The second-order valence-electron chi connectivity index (χ2n) is 6.06. The van der Waals surface area contributed by atoms with Crippen LogP contribution in [0.15, 0.2) is 43.0 Å². The van der Waals surface area contributed by atoms with Crippen molar-refractivity contribution in [3.05, 3.63) is 76.6 Å². The average Bonchev–Trinajstić information content (AvgIpc) is 3.26. The molecule has 4 rings (SSSR count). The van der Waals surface area contributed by atoms with Crippen LogP contribution in [0.1, 0.15) is 21.7 Å². The van der Waals surface area contributed by atoms with Gasteiger partial charge >= 0.3 is 0 Å². The Labute approximate surface area is 162 Å². The maximum absolute atomic E-state index is 14.9. The van der Waals surface area contributed by atoms with Crippen molar-refractivity contribution < 1.29 is 18.3 Å². The minimum Gasteiger partial charge on any atom is -0.483 e. The number of hydrogen-bond acceptors (Lipinski definition) is 4. The number of benzene rings is 1. The third kappa shape index (κ3) is 3.11. The van der Waals surface area contributed by atoms with Gasteiger partial charge < -0.3 is 14.3 Å². The first-order chi connectivity index (χ1) is 13.5. The Hall–Kier alpha value is -3.26. The smallest absolute Gasteiger partial charge is 0.201 e. The summed E-state index contributed by atoms with van der Waals surface area (Å²) in [6, 6.07) is 3.63. The summed E-state index contributed by atoms with van der Waals surface area (Å²) in [5, 5.41) is 0.671. The van der Waals surface area contributed by atoms with Gasteiger partial charge in [0.2, 0.25) is 5.78 Å². The van der Waals surface area contributed by atoms with Crippen LogP contribution < -0.4 is 4.74 Å². The molecule has 0 aliphatic rings. The first kappa shape index (κ1) is 18.1. The lowest BCUT2D eigenvalue weighted by molar-refractivity contribution is 0.103. The van der Waals surface area contributed by atoms with Crippen molar-refractivity contribution in [2.75, 3.05) is 0 Å². The summed E-state index contributed by atoms with van der Waals surface area (Å²) in [6.45, 7) is -0.0354. The summed E-state index contributed by atoms with van der Waals surface area (Å²) in [5.74, 6) is -2.61. The van der Waals surface area contributed by atoms with Gasteiger partial charge in [-0.15, -0.1) is 0 Å². The van der Waals surface area contributed by atoms with Gasteiger partial charge in [-0.25, -0.2) is 18.7 Å². The third-order valence-electron chi connectivity index (χ3n) is 4.30. The highest BCUT2D eigenvalue weighted by molar-refractivity contribution is 6.31. The van der Waals surface area contributed by atoms with E-state index in [0.29, 0.717) is 21.9 Å². The van der Waals surface area contributed by atoms with Crippen LogP contribution in [0.2, 0.25) is 5.02 Å². The molecule has 0 fully saturated rings. The van der Waals surface area contributed by atoms with Crippen molar-refractivity contribution in [2.24, 2.45) is 7.05 Å². The number of ether oxygens (including phenoxy) is 1. The Morgan fingerprint density at radius 2 is 2.14 bits per heavy atom. The molecule has 0 spiro atoms. The second-order valence-corrected chi connectivity index (χ2v) is 6.50. The number of aryl methyl sites for hydroxylation is 1. The van der Waals surface area contributed by atoms with E-state index < -0.39 is 23.0 Å². The van der Waals surface area contributed by atoms with Gasteiger partial charge in [0, 0.05) is 42.8 Å². The highest BCUT2D eigenvalue weighted by Crippen LogP contribution is 2.29. The van der Waals surface area contributed by atoms with Crippen molar-refractivity contribution in [2.45, 2.75) is 6.61 Å². The molecule has 0 unspecified atom stereocenters. The monoisotopic (exact) mass is 402 g/mol. The Kier molecular flexibility index (Phi) is 4.56. The van der Waals surface area contributed by atoms with Crippen LogP contribution in [0.4, 0.5) is 8.78 Å². The lowest BCUT2D eigenvalue weighted by Gasteiger charge is -2.10. The molecule has 0 atom stereocenters. The zero-order valence-electron chi connectivity index (χ0n) is 14.5. The van der Waals surface area contributed by atoms with Crippen molar-refractivity contribution in [1.29, 1.82) is 0 Å². The molecule has 9 heteroatoms. The Morgan fingerprint density at radius 3 is 2.89 bits per heavy atom. The number of nitrogens with one attached hydrogen (secondary N) is 1. The number of imidazole rings is 1. The second kappa shape index (κ2) is 7.05. The Bertz CT molecular complexity index is 1200. The number of fused-ring (bicyclic) bond motifs is 1. The van der Waals surface area contributed by atoms with Gasteiger partial charge in [-0.05, 0) is 18.2 Å². The number of aromatic nitrogens is 4. The van der Waals surface area contributed by atoms with Gasteiger partial charge in [0.25, 0.3) is 0 Å². The highest BCUT2D eigenvalue weighted by atomic mass is 35.5. The van der Waals surface area contributed by atoms with E-state index in [2.05, 4.69) is 15.0 Å². The average molecular weight is 403 g/mol. The molecule has 0 bridgehead atoms. The van der Waals surface area contributed by atoms with Crippen molar-refractivity contribution >= 4 is 28.4 Å². The number of pyridine rings is 1. The maximum Gasteiger partial charge on any atom is 0.201 e. The van der Waals surface area contributed by atoms with Gasteiger partial charge in [0.05, 0.1) is 10.6 Å². The van der Waals surface area contributed by atoms with Crippen LogP contribution >= 0.6 is 11.6 Å². The lowest BCUT2D eigenvalue weighted by Crippen LogP contribution is -2.10. The van der Waals surface area contributed by atoms with Crippen LogP contribution in [0, 0.1) is 11.6 Å². The Balaban J connectivity index is 1.71. The van der Waals surface area contributed by atoms with Crippen molar-refractivity contribution in [3.63, 3.8) is 0 Å². The number of aromatic amines is 1. The molecular weight excluding hydrogens is 390 g/mol. The number of rotatable bonds is 5. The van der Waals surface area contributed by atoms with E-state index in [1.54, 1.807) is 24.0 Å². The molecule has 28 heavy (non-hydrogen) atoms. The molecule has 4 aromatic rings. The van der Waals surface area contributed by atoms with Gasteiger partial charge in [0.15, 0.2) is 11.6 Å². The number of nitrogens with zero attached hydrogens (tertiary/aromatic N) is 3. The van der Waals surface area contributed by atoms with Crippen molar-refractivity contribution in [3.8, 4) is 5.75 Å². The number of H-pyrrole nitrogens is 1. The van der Waals surface area contributed by atoms with Crippen LogP contribution in [-0.4, -0.2) is 25.3 Å². The molecule has 0 saturated heterocycles. The predicted molar refractivity (Wildman–Crippen MR) is 98.4 cm³/mol. The summed E-state index contributed by atoms with van der Waals surface area (Å²) in [5.41, 5.74) is -0.266. The van der Waals surface area contributed by atoms with Crippen LogP contribution in [0.25, 0.3) is 11.0 Å². The van der Waals surface area contributed by atoms with E-state index in [9.17, 15) is 13.6 Å². The highest BCUT2D eigenvalue weighted by Gasteiger charge is 2.25. The van der Waals surface area contributed by atoms with E-state index in [4.69, 9.17) is 16.3 Å². The fourth-order valence-electron chi connectivity index (χ4n) is 2.83. The van der Waals surface area contributed by atoms with Crippen molar-refractivity contribution in [1.82, 2.24) is 19.5 Å². The normalized spacial score (nSPS) is 11.1. The van der Waals surface area contributed by atoms with Gasteiger partial charge in [-0.2, -0.15) is 0 Å². The molecule has 0 aliphatic heterocycles. The topological polar surface area (TPSA) is 72.8 Å². The van der Waals surface area contributed by atoms with E-state index >= 15 is 0 Å². The summed E-state index contributed by atoms with van der Waals surface area (Å²) < 4.78 is 36.4. The standard InChI is InChI=1S/C19H13ClF2N4O2/c1-26-5-4-23-15(26)9-28-14-3-2-13(21)16(17(14)22)18(27)12-8-25-19-11(12)6-10(20)7-24-19/h2-8H,9H2,1H3,(H,24,25). The number of carbonyl (C=O) groups is 1. The van der Waals surface area contributed by atoms with E-state index in [1.165, 1.54) is 18.5 Å². The molecule has 3 aromatic heterocycles. The number of halogens is 3. The number of carbonyl (C=O) groups excluding carboxylic acids is 1. The minimum atomic E-state index is -1.08. The predicted octanol–water partition coefficient (Wildman–Crippen LogP) is 4.04. The molecule has 142 valence electrons. The quantitative estimate of drug-likeness (QED) is 0.511. The van der Waals surface area contributed by atoms with E-state index in [1.807, 2.05) is 0 Å². The van der Waals surface area contributed by atoms with Gasteiger partial charge in [-0.3, -0.25) is 4.79 Å². The summed E-state index contributed by atoms with van der Waals surface area (Å²) in [6.07, 6.45) is 6.04. The summed E-state index contributed by atoms with van der Waals surface area (Å²) in [4.78, 5) is 23.8. The summed E-state index contributed by atoms with van der Waals surface area (Å²) in [7, 11) is 1.76. The molecule has 1 aromatic carbocycles. The summed E-state index contributed by atoms with van der Waals surface area (Å²) >= 11 is 5.93. The molecule has 0 aliphatic carbocycles. The molecule has 1 N–H and O–H groups in total. The molecular formula is C19H13ClF2N4O2. The zero-order chi connectivity index (χ0) is 19.8. The van der Waals surface area contributed by atoms with Gasteiger partial charge in [-0.1, -0.05) is 11.6 Å². The molecule has 6 nitrogen and oxygen atoms in total. The minimum absolute atomic E-state index is 0.0354. The fraction of sp³-hybridized carbons (Fsp3) is 0.105. The number of hydrogen-bond donors (Lipinski definition) is 1. The molecule has 0 radical (unpaired) electrons. The molecule has 0 saturated carbocycles. The van der Waals surface area contributed by atoms with Crippen LogP contribution in [-0.2, 0) is 13.7 Å².